The van der Waals surface area contributed by atoms with Gasteiger partial charge in [-0.05, 0) is 5.56 Å². The summed E-state index contributed by atoms with van der Waals surface area (Å²) >= 11 is 0. The molecule has 134 valence electrons. The molecule has 0 radical (unpaired) electrons. The number of β-amino-alcohol motifs (C(OH)–C–C–N with tert-alkyl or cyclic N) is 1. The first-order valence-electron chi connectivity index (χ1n) is 8.36. The zero-order valence-corrected chi connectivity index (χ0v) is 13.9. The number of aliphatic hydroxyl groups excluding tert-OH is 1. The number of benzene rings is 1. The Labute approximate surface area is 146 Å². The number of hydrogen-bond donors (Lipinski definition) is 2. The van der Waals surface area contributed by atoms with Crippen LogP contribution in [0.3, 0.4) is 0 Å². The van der Waals surface area contributed by atoms with Crippen LogP contribution in [0.4, 0.5) is 4.79 Å². The summed E-state index contributed by atoms with van der Waals surface area (Å²) in [4.78, 5) is 40.0. The minimum Gasteiger partial charge on any atom is -0.387 e. The molecule has 3 rings (SSSR count). The summed E-state index contributed by atoms with van der Waals surface area (Å²) in [5, 5.41) is 12.7. The third-order valence-corrected chi connectivity index (χ3v) is 4.57. The highest BCUT2D eigenvalue weighted by molar-refractivity contribution is 6.04. The van der Waals surface area contributed by atoms with E-state index in [1.54, 1.807) is 4.90 Å². The molecule has 2 N–H and O–H groups in total. The third-order valence-electron chi connectivity index (χ3n) is 4.57. The molecule has 2 fully saturated rings. The quantitative estimate of drug-likeness (QED) is 0.696. The average Bonchev–Trinajstić information content (AvgIpc) is 2.95. The fourth-order valence-corrected chi connectivity index (χ4v) is 3.06. The first-order valence-corrected chi connectivity index (χ1v) is 8.36. The summed E-state index contributed by atoms with van der Waals surface area (Å²) in [7, 11) is 0. The van der Waals surface area contributed by atoms with Crippen molar-refractivity contribution in [1.82, 2.24) is 20.0 Å². The van der Waals surface area contributed by atoms with Crippen LogP contribution in [0.15, 0.2) is 30.3 Å². The van der Waals surface area contributed by atoms with Crippen molar-refractivity contribution in [3.63, 3.8) is 0 Å². The van der Waals surface area contributed by atoms with Crippen molar-refractivity contribution in [3.05, 3.63) is 35.9 Å². The lowest BCUT2D eigenvalue weighted by atomic mass is 10.1. The summed E-state index contributed by atoms with van der Waals surface area (Å²) in [5.74, 6) is -0.600. The van der Waals surface area contributed by atoms with E-state index in [0.717, 1.165) is 10.5 Å². The lowest BCUT2D eigenvalue weighted by Gasteiger charge is -2.36. The Hall–Kier alpha value is -2.45. The number of nitrogens with zero attached hydrogens (tertiary/aromatic N) is 3. The molecule has 2 saturated heterocycles. The Morgan fingerprint density at radius 1 is 1.12 bits per heavy atom. The molecular formula is C17H22N4O4. The highest BCUT2D eigenvalue weighted by Gasteiger charge is 2.32. The summed E-state index contributed by atoms with van der Waals surface area (Å²) in [6.45, 7) is 2.59. The molecule has 4 amide bonds. The second kappa shape index (κ2) is 7.62. The van der Waals surface area contributed by atoms with E-state index in [2.05, 4.69) is 10.2 Å². The monoisotopic (exact) mass is 346 g/mol. The standard InChI is InChI=1S/C17H22N4O4/c22-14(13-4-2-1-3-5-13)11-19-6-8-20(9-7-19)16(24)12-21-15(23)10-18-17(21)25/h1-5,14,22H,6-12H2,(H,18,25)/t14-/m1/s1. The van der Waals surface area contributed by atoms with Gasteiger partial charge in [-0.2, -0.15) is 0 Å². The van der Waals surface area contributed by atoms with E-state index in [4.69, 9.17) is 0 Å². The molecule has 2 aliphatic heterocycles. The molecule has 0 unspecified atom stereocenters. The van der Waals surface area contributed by atoms with Crippen LogP contribution in [0.2, 0.25) is 0 Å². The Balaban J connectivity index is 1.46. The van der Waals surface area contributed by atoms with Gasteiger partial charge in [-0.15, -0.1) is 0 Å². The number of aliphatic hydroxyl groups is 1. The number of amides is 4. The zero-order chi connectivity index (χ0) is 17.8. The van der Waals surface area contributed by atoms with E-state index >= 15 is 0 Å². The van der Waals surface area contributed by atoms with Gasteiger partial charge in [0, 0.05) is 32.7 Å². The maximum atomic E-state index is 12.3. The van der Waals surface area contributed by atoms with Crippen LogP contribution < -0.4 is 5.32 Å². The molecular weight excluding hydrogens is 324 g/mol. The first-order chi connectivity index (χ1) is 12.0. The molecule has 1 aromatic rings. The molecule has 1 atom stereocenters. The van der Waals surface area contributed by atoms with E-state index in [1.165, 1.54) is 0 Å². The van der Waals surface area contributed by atoms with E-state index in [0.29, 0.717) is 32.7 Å². The van der Waals surface area contributed by atoms with Crippen LogP contribution in [0.25, 0.3) is 0 Å². The van der Waals surface area contributed by atoms with Crippen molar-refractivity contribution < 1.29 is 19.5 Å². The van der Waals surface area contributed by atoms with Gasteiger partial charge in [-0.25, -0.2) is 4.79 Å². The molecule has 8 nitrogen and oxygen atoms in total. The van der Waals surface area contributed by atoms with Gasteiger partial charge < -0.3 is 15.3 Å². The summed E-state index contributed by atoms with van der Waals surface area (Å²) < 4.78 is 0. The highest BCUT2D eigenvalue weighted by Crippen LogP contribution is 2.15. The normalized spacial score (nSPS) is 19.9. The Kier molecular flexibility index (Phi) is 5.30. The lowest BCUT2D eigenvalue weighted by Crippen LogP contribution is -2.52. The van der Waals surface area contributed by atoms with E-state index in [-0.39, 0.29) is 24.9 Å². The van der Waals surface area contributed by atoms with Crippen molar-refractivity contribution in [3.8, 4) is 0 Å². The van der Waals surface area contributed by atoms with Gasteiger partial charge in [0.25, 0.3) is 5.91 Å². The number of piperazine rings is 1. The van der Waals surface area contributed by atoms with E-state index in [1.807, 2.05) is 30.3 Å². The SMILES string of the molecule is O=C(CN1C(=O)CNC1=O)N1CCN(C[C@@H](O)c2ccccc2)CC1. The first kappa shape index (κ1) is 17.4. The van der Waals surface area contributed by atoms with Gasteiger partial charge >= 0.3 is 6.03 Å². The van der Waals surface area contributed by atoms with Gasteiger partial charge in [0.15, 0.2) is 0 Å². The van der Waals surface area contributed by atoms with Crippen molar-refractivity contribution in [1.29, 1.82) is 0 Å². The maximum absolute atomic E-state index is 12.3. The minimum absolute atomic E-state index is 0.0444. The smallest absolute Gasteiger partial charge is 0.325 e. The van der Waals surface area contributed by atoms with Crippen LogP contribution in [0.5, 0.6) is 0 Å². The molecule has 2 heterocycles. The number of urea groups is 1. The zero-order valence-electron chi connectivity index (χ0n) is 13.9. The van der Waals surface area contributed by atoms with E-state index in [9.17, 15) is 19.5 Å². The van der Waals surface area contributed by atoms with Crippen molar-refractivity contribution >= 4 is 17.8 Å². The number of nitrogens with one attached hydrogen (secondary N) is 1. The molecule has 0 aliphatic carbocycles. The van der Waals surface area contributed by atoms with Gasteiger partial charge in [0.05, 0.1) is 12.6 Å². The minimum atomic E-state index is -0.561. The van der Waals surface area contributed by atoms with E-state index < -0.39 is 12.1 Å². The topological polar surface area (TPSA) is 93.2 Å². The molecule has 0 bridgehead atoms. The summed E-state index contributed by atoms with van der Waals surface area (Å²) in [5.41, 5.74) is 0.875. The predicted molar refractivity (Wildman–Crippen MR) is 89.5 cm³/mol. The van der Waals surface area contributed by atoms with Crippen LogP contribution in [-0.2, 0) is 9.59 Å². The lowest BCUT2D eigenvalue weighted by molar-refractivity contribution is -0.137. The number of carbonyl (C=O) groups excluding carboxylic acids is 3. The van der Waals surface area contributed by atoms with Crippen LogP contribution in [0, 0.1) is 0 Å². The largest absolute Gasteiger partial charge is 0.387 e. The van der Waals surface area contributed by atoms with Crippen molar-refractivity contribution in [2.75, 3.05) is 45.8 Å². The number of imide groups is 1. The molecule has 8 heteroatoms. The molecule has 2 aliphatic rings. The molecule has 0 saturated carbocycles. The van der Waals surface area contributed by atoms with Crippen LogP contribution in [0.1, 0.15) is 11.7 Å². The van der Waals surface area contributed by atoms with Crippen LogP contribution in [-0.4, -0.2) is 83.5 Å². The molecule has 0 spiro atoms. The average molecular weight is 346 g/mol. The maximum Gasteiger partial charge on any atom is 0.325 e. The highest BCUT2D eigenvalue weighted by atomic mass is 16.3. The fourth-order valence-electron chi connectivity index (χ4n) is 3.06. The Bertz CT molecular complexity index is 627. The number of rotatable bonds is 5. The second-order valence-corrected chi connectivity index (χ2v) is 6.25. The fraction of sp³-hybridized carbons (Fsp3) is 0.471. The summed E-state index contributed by atoms with van der Waals surface area (Å²) in [6.07, 6.45) is -0.561. The molecule has 0 aromatic heterocycles. The third kappa shape index (κ3) is 4.15. The summed E-state index contributed by atoms with van der Waals surface area (Å²) in [6, 6.07) is 8.97. The van der Waals surface area contributed by atoms with Gasteiger partial charge in [-0.3, -0.25) is 19.4 Å². The Morgan fingerprint density at radius 2 is 1.80 bits per heavy atom. The van der Waals surface area contributed by atoms with Gasteiger partial charge in [-0.1, -0.05) is 30.3 Å². The Morgan fingerprint density at radius 3 is 2.40 bits per heavy atom. The van der Waals surface area contributed by atoms with Crippen molar-refractivity contribution in [2.24, 2.45) is 0 Å². The number of hydrogen-bond acceptors (Lipinski definition) is 5. The van der Waals surface area contributed by atoms with Crippen LogP contribution >= 0.6 is 0 Å². The predicted octanol–water partition coefficient (Wildman–Crippen LogP) is -0.584. The van der Waals surface area contributed by atoms with Gasteiger partial charge in [0.1, 0.15) is 6.54 Å². The number of carbonyl (C=O) groups is 3. The molecule has 1 aromatic carbocycles. The second-order valence-electron chi connectivity index (χ2n) is 6.25. The van der Waals surface area contributed by atoms with Crippen molar-refractivity contribution in [2.45, 2.75) is 6.10 Å². The molecule has 25 heavy (non-hydrogen) atoms. The van der Waals surface area contributed by atoms with Gasteiger partial charge in [0.2, 0.25) is 5.91 Å².